The van der Waals surface area contributed by atoms with E-state index in [0.717, 1.165) is 22.0 Å². The van der Waals surface area contributed by atoms with Crippen molar-refractivity contribution >= 4 is 22.7 Å². The van der Waals surface area contributed by atoms with Gasteiger partial charge in [0.05, 0.1) is 18.4 Å². The molecule has 0 fully saturated rings. The fourth-order valence-corrected chi connectivity index (χ4v) is 1.54. The van der Waals surface area contributed by atoms with Crippen LogP contribution in [-0.2, 0) is 0 Å². The Bertz CT molecular complexity index is 589. The highest BCUT2D eigenvalue weighted by Gasteiger charge is 1.99. The number of nitrogens with two attached hydrogens (primary N) is 1. The first kappa shape index (κ1) is 12.3. The maximum absolute atomic E-state index is 5.44. The predicted molar refractivity (Wildman–Crippen MR) is 76.1 cm³/mol. The lowest BCUT2D eigenvalue weighted by Crippen LogP contribution is -2.20. The lowest BCUT2D eigenvalue weighted by atomic mass is 10.1. The normalized spacial score (nSPS) is 11.0. The molecular formula is C14H16N4. The van der Waals surface area contributed by atoms with Gasteiger partial charge in [0.2, 0.25) is 0 Å². The number of para-hydroxylation sites is 1. The Balaban J connectivity index is 2.25. The number of hydrogen-bond acceptors (Lipinski definition) is 4. The van der Waals surface area contributed by atoms with Crippen LogP contribution in [-0.4, -0.2) is 29.9 Å². The van der Waals surface area contributed by atoms with Gasteiger partial charge in [-0.2, -0.15) is 5.10 Å². The van der Waals surface area contributed by atoms with Gasteiger partial charge in [0, 0.05) is 24.2 Å². The van der Waals surface area contributed by atoms with Crippen LogP contribution >= 0.6 is 0 Å². The number of nitrogens with zero attached hydrogens (tertiary/aromatic N) is 3. The highest BCUT2D eigenvalue weighted by Crippen LogP contribution is 2.16. The van der Waals surface area contributed by atoms with Crippen LogP contribution in [0, 0.1) is 0 Å². The first-order valence-electron chi connectivity index (χ1n) is 5.70. The van der Waals surface area contributed by atoms with Gasteiger partial charge in [-0.05, 0) is 17.7 Å². The minimum atomic E-state index is 0.375. The third-order valence-corrected chi connectivity index (χ3v) is 2.64. The molecule has 0 spiro atoms. The number of fused-ring (bicyclic) bond motifs is 1. The van der Waals surface area contributed by atoms with Crippen LogP contribution in [0.3, 0.4) is 0 Å². The molecule has 0 aliphatic carbocycles. The third-order valence-electron chi connectivity index (χ3n) is 2.64. The summed E-state index contributed by atoms with van der Waals surface area (Å²) in [6.45, 7) is 4.36. The molecule has 1 aromatic heterocycles. The molecule has 2 rings (SSSR count). The van der Waals surface area contributed by atoms with Gasteiger partial charge in [-0.25, -0.2) is 0 Å². The summed E-state index contributed by atoms with van der Waals surface area (Å²) in [6, 6.07) is 10.0. The van der Waals surface area contributed by atoms with E-state index in [1.807, 2.05) is 31.3 Å². The molecule has 18 heavy (non-hydrogen) atoms. The maximum Gasteiger partial charge on any atom is 0.0826 e. The van der Waals surface area contributed by atoms with E-state index < -0.39 is 0 Å². The Hall–Kier alpha value is -2.20. The number of hydrazone groups is 1. The molecule has 0 amide bonds. The van der Waals surface area contributed by atoms with Gasteiger partial charge in [0.15, 0.2) is 0 Å². The van der Waals surface area contributed by atoms with E-state index in [0.29, 0.717) is 6.67 Å². The Morgan fingerprint density at radius 1 is 1.50 bits per heavy atom. The highest BCUT2D eigenvalue weighted by atomic mass is 15.4. The maximum atomic E-state index is 5.44. The van der Waals surface area contributed by atoms with Crippen molar-refractivity contribution in [2.45, 2.75) is 0 Å². The fourth-order valence-electron chi connectivity index (χ4n) is 1.54. The van der Waals surface area contributed by atoms with Gasteiger partial charge in [-0.3, -0.25) is 9.99 Å². The average molecular weight is 240 g/mol. The molecule has 92 valence electrons. The lowest BCUT2D eigenvalue weighted by Gasteiger charge is -2.08. The third kappa shape index (κ3) is 2.73. The summed E-state index contributed by atoms with van der Waals surface area (Å²) in [6.07, 6.45) is 3.50. The zero-order valence-electron chi connectivity index (χ0n) is 10.4. The molecule has 2 N–H and O–H groups in total. The van der Waals surface area contributed by atoms with E-state index in [9.17, 15) is 0 Å². The molecular weight excluding hydrogens is 224 g/mol. The molecule has 1 heterocycles. The van der Waals surface area contributed by atoms with Crippen molar-refractivity contribution in [3.8, 4) is 0 Å². The van der Waals surface area contributed by atoms with Gasteiger partial charge in [0.1, 0.15) is 0 Å². The van der Waals surface area contributed by atoms with Crippen LogP contribution < -0.4 is 5.73 Å². The van der Waals surface area contributed by atoms with E-state index in [4.69, 9.17) is 5.73 Å². The molecule has 1 aromatic carbocycles. The second kappa shape index (κ2) is 5.42. The van der Waals surface area contributed by atoms with Crippen molar-refractivity contribution in [3.63, 3.8) is 0 Å². The van der Waals surface area contributed by atoms with E-state index >= 15 is 0 Å². The van der Waals surface area contributed by atoms with Crippen LogP contribution in [0.4, 0.5) is 0 Å². The van der Waals surface area contributed by atoms with Crippen molar-refractivity contribution in [3.05, 3.63) is 48.7 Å². The summed E-state index contributed by atoms with van der Waals surface area (Å²) >= 11 is 0. The molecule has 0 saturated carbocycles. The lowest BCUT2D eigenvalue weighted by molar-refractivity contribution is 0.368. The minimum absolute atomic E-state index is 0.375. The number of rotatable bonds is 4. The summed E-state index contributed by atoms with van der Waals surface area (Å²) in [4.78, 5) is 4.39. The van der Waals surface area contributed by atoms with Crippen LogP contribution in [0.25, 0.3) is 16.5 Å². The van der Waals surface area contributed by atoms with E-state index in [-0.39, 0.29) is 0 Å². The van der Waals surface area contributed by atoms with Crippen LogP contribution in [0.1, 0.15) is 5.56 Å². The zero-order valence-corrected chi connectivity index (χ0v) is 10.4. The minimum Gasteiger partial charge on any atom is -0.313 e. The van der Waals surface area contributed by atoms with Crippen molar-refractivity contribution in [1.29, 1.82) is 0 Å². The monoisotopic (exact) mass is 240 g/mol. The number of aromatic nitrogens is 1. The average Bonchev–Trinajstić information content (AvgIpc) is 2.43. The first-order chi connectivity index (χ1) is 8.70. The first-order valence-corrected chi connectivity index (χ1v) is 5.70. The molecule has 4 nitrogen and oxygen atoms in total. The topological polar surface area (TPSA) is 54.5 Å². The second-order valence-corrected chi connectivity index (χ2v) is 4.03. The SMILES string of the molecule is C=C(/C=N\N(C)CN)c1cnc2ccccc2c1. The molecule has 4 heteroatoms. The summed E-state index contributed by atoms with van der Waals surface area (Å²) in [7, 11) is 1.81. The standard InChI is InChI=1S/C14H16N4/c1-11(8-17-18(2)10-15)13-7-12-5-3-4-6-14(12)16-9-13/h3-9H,1,10,15H2,2H3/b17-8-. The predicted octanol–water partition coefficient (Wildman–Crippen LogP) is 2.08. The van der Waals surface area contributed by atoms with E-state index in [1.165, 1.54) is 0 Å². The zero-order chi connectivity index (χ0) is 13.0. The number of hydrogen-bond donors (Lipinski definition) is 1. The number of pyridine rings is 1. The van der Waals surface area contributed by atoms with Crippen molar-refractivity contribution < 1.29 is 0 Å². The smallest absolute Gasteiger partial charge is 0.0826 e. The molecule has 0 saturated heterocycles. The van der Waals surface area contributed by atoms with Gasteiger partial charge in [-0.15, -0.1) is 0 Å². The highest BCUT2D eigenvalue weighted by molar-refractivity contribution is 6.09. The Morgan fingerprint density at radius 3 is 3.06 bits per heavy atom. The molecule has 0 unspecified atom stereocenters. The second-order valence-electron chi connectivity index (χ2n) is 4.03. The van der Waals surface area contributed by atoms with Gasteiger partial charge in [-0.1, -0.05) is 24.8 Å². The summed E-state index contributed by atoms with van der Waals surface area (Å²) in [5, 5.41) is 6.89. The van der Waals surface area contributed by atoms with Gasteiger partial charge in [0.25, 0.3) is 0 Å². The molecule has 2 aromatic rings. The van der Waals surface area contributed by atoms with Gasteiger partial charge >= 0.3 is 0 Å². The van der Waals surface area contributed by atoms with E-state index in [1.54, 1.807) is 17.4 Å². The molecule has 0 bridgehead atoms. The quantitative estimate of drug-likeness (QED) is 0.506. The number of allylic oxidation sites excluding steroid dienone is 1. The van der Waals surface area contributed by atoms with Crippen molar-refractivity contribution in [2.24, 2.45) is 10.8 Å². The summed E-state index contributed by atoms with van der Waals surface area (Å²) < 4.78 is 0. The van der Waals surface area contributed by atoms with Crippen LogP contribution in [0.15, 0.2) is 48.2 Å². The molecule has 0 atom stereocenters. The Kier molecular flexibility index (Phi) is 3.69. The van der Waals surface area contributed by atoms with Gasteiger partial charge < -0.3 is 5.73 Å². The van der Waals surface area contributed by atoms with Crippen molar-refractivity contribution in [1.82, 2.24) is 9.99 Å². The Morgan fingerprint density at radius 2 is 2.28 bits per heavy atom. The van der Waals surface area contributed by atoms with Crippen molar-refractivity contribution in [2.75, 3.05) is 13.7 Å². The molecule has 0 radical (unpaired) electrons. The van der Waals surface area contributed by atoms with E-state index in [2.05, 4.69) is 22.7 Å². The van der Waals surface area contributed by atoms with Crippen LogP contribution in [0.5, 0.6) is 0 Å². The van der Waals surface area contributed by atoms with Crippen LogP contribution in [0.2, 0.25) is 0 Å². The molecule has 0 aliphatic heterocycles. The number of benzene rings is 1. The molecule has 0 aliphatic rings. The largest absolute Gasteiger partial charge is 0.313 e. The summed E-state index contributed by atoms with van der Waals surface area (Å²) in [5.74, 6) is 0. The summed E-state index contributed by atoms with van der Waals surface area (Å²) in [5.41, 5.74) is 8.19. The fraction of sp³-hybridized carbons (Fsp3) is 0.143. The Labute approximate surface area is 106 Å².